The van der Waals surface area contributed by atoms with E-state index >= 15 is 0 Å². The lowest BCUT2D eigenvalue weighted by atomic mass is 10.2. The smallest absolute Gasteiger partial charge is 0.308 e. The maximum absolute atomic E-state index is 11.1. The van der Waals surface area contributed by atoms with Crippen LogP contribution in [0.2, 0.25) is 0 Å². The summed E-state index contributed by atoms with van der Waals surface area (Å²) in [7, 11) is 2.96. The summed E-state index contributed by atoms with van der Waals surface area (Å²) in [5.41, 5.74) is 1.43. The van der Waals surface area contributed by atoms with Crippen LogP contribution in [-0.2, 0) is 9.59 Å². The SMILES string of the molecule is COc1cc(/C=N\N=C/c2ccc(OC(C)=O)c(OC)c2)ccc1OC(C)=O. The molecule has 0 radical (unpaired) electrons. The average molecular weight is 384 g/mol. The number of methoxy groups -OCH3 is 2. The molecule has 0 bridgehead atoms. The Hall–Kier alpha value is -3.68. The van der Waals surface area contributed by atoms with E-state index in [1.54, 1.807) is 36.4 Å². The molecule has 0 atom stereocenters. The number of esters is 2. The van der Waals surface area contributed by atoms with Crippen molar-refractivity contribution in [2.45, 2.75) is 13.8 Å². The zero-order valence-corrected chi connectivity index (χ0v) is 16.0. The summed E-state index contributed by atoms with van der Waals surface area (Å²) in [5.74, 6) is 0.619. The third-order valence-electron chi connectivity index (χ3n) is 3.36. The first kappa shape index (κ1) is 20.6. The van der Waals surface area contributed by atoms with Crippen molar-refractivity contribution < 1.29 is 28.5 Å². The standard InChI is InChI=1S/C20H20N2O6/c1-13(23)27-17-7-5-15(9-19(17)25-3)11-21-22-12-16-6-8-18(28-14(2)24)20(10-16)26-4/h5-12H,1-4H3/b21-11-,22-12-. The van der Waals surface area contributed by atoms with E-state index in [4.69, 9.17) is 18.9 Å². The van der Waals surface area contributed by atoms with Gasteiger partial charge in [0.25, 0.3) is 0 Å². The summed E-state index contributed by atoms with van der Waals surface area (Å²) >= 11 is 0. The lowest BCUT2D eigenvalue weighted by molar-refractivity contribution is -0.132. The second-order valence-electron chi connectivity index (χ2n) is 5.50. The van der Waals surface area contributed by atoms with Gasteiger partial charge in [-0.3, -0.25) is 9.59 Å². The van der Waals surface area contributed by atoms with E-state index in [0.717, 1.165) is 0 Å². The number of carbonyl (C=O) groups is 2. The summed E-state index contributed by atoms with van der Waals surface area (Å²) in [4.78, 5) is 22.1. The molecule has 0 spiro atoms. The van der Waals surface area contributed by atoms with Crippen LogP contribution in [0.5, 0.6) is 23.0 Å². The fourth-order valence-electron chi connectivity index (χ4n) is 2.21. The summed E-state index contributed by atoms with van der Waals surface area (Å²) in [6.45, 7) is 2.63. The largest absolute Gasteiger partial charge is 0.493 e. The van der Waals surface area contributed by atoms with E-state index in [9.17, 15) is 9.59 Å². The van der Waals surface area contributed by atoms with Crippen LogP contribution >= 0.6 is 0 Å². The fraction of sp³-hybridized carbons (Fsp3) is 0.200. The Morgan fingerprint density at radius 1 is 0.714 bits per heavy atom. The Bertz CT molecular complexity index is 845. The highest BCUT2D eigenvalue weighted by molar-refractivity contribution is 5.84. The van der Waals surface area contributed by atoms with Gasteiger partial charge < -0.3 is 18.9 Å². The van der Waals surface area contributed by atoms with Crippen molar-refractivity contribution in [3.63, 3.8) is 0 Å². The van der Waals surface area contributed by atoms with Crippen molar-refractivity contribution in [3.8, 4) is 23.0 Å². The molecule has 0 saturated heterocycles. The quantitative estimate of drug-likeness (QED) is 0.315. The molecule has 0 N–H and O–H groups in total. The van der Waals surface area contributed by atoms with E-state index in [-0.39, 0.29) is 0 Å². The number of ether oxygens (including phenoxy) is 4. The summed E-state index contributed by atoms with van der Waals surface area (Å²) in [6.07, 6.45) is 3.06. The monoisotopic (exact) mass is 384 g/mol. The Morgan fingerprint density at radius 2 is 1.11 bits per heavy atom. The molecule has 0 saturated carbocycles. The summed E-state index contributed by atoms with van der Waals surface area (Å²) in [6, 6.07) is 10.0. The zero-order chi connectivity index (χ0) is 20.5. The summed E-state index contributed by atoms with van der Waals surface area (Å²) < 4.78 is 20.5. The van der Waals surface area contributed by atoms with Crippen molar-refractivity contribution in [2.75, 3.05) is 14.2 Å². The predicted octanol–water partition coefficient (Wildman–Crippen LogP) is 3.01. The summed E-state index contributed by atoms with van der Waals surface area (Å²) in [5, 5.41) is 7.97. The molecular formula is C20H20N2O6. The maximum Gasteiger partial charge on any atom is 0.308 e. The molecule has 146 valence electrons. The molecule has 0 unspecified atom stereocenters. The van der Waals surface area contributed by atoms with E-state index in [0.29, 0.717) is 34.1 Å². The second kappa shape index (κ2) is 9.86. The Balaban J connectivity index is 2.10. The van der Waals surface area contributed by atoms with Gasteiger partial charge in [-0.25, -0.2) is 0 Å². The van der Waals surface area contributed by atoms with Gasteiger partial charge in [0.15, 0.2) is 23.0 Å². The van der Waals surface area contributed by atoms with Crippen molar-refractivity contribution in [3.05, 3.63) is 47.5 Å². The number of benzene rings is 2. The molecule has 0 heterocycles. The van der Waals surface area contributed by atoms with E-state index in [2.05, 4.69) is 10.2 Å². The minimum atomic E-state index is -0.431. The van der Waals surface area contributed by atoms with Crippen LogP contribution < -0.4 is 18.9 Å². The van der Waals surface area contributed by atoms with Crippen LogP contribution in [0.4, 0.5) is 0 Å². The molecule has 28 heavy (non-hydrogen) atoms. The minimum Gasteiger partial charge on any atom is -0.493 e. The molecule has 0 fully saturated rings. The first-order valence-electron chi connectivity index (χ1n) is 8.22. The highest BCUT2D eigenvalue weighted by Gasteiger charge is 2.08. The number of hydrogen-bond acceptors (Lipinski definition) is 8. The van der Waals surface area contributed by atoms with Gasteiger partial charge >= 0.3 is 11.9 Å². The highest BCUT2D eigenvalue weighted by atomic mass is 16.6. The van der Waals surface area contributed by atoms with Crippen LogP contribution in [0, 0.1) is 0 Å². The number of carbonyl (C=O) groups excluding carboxylic acids is 2. The van der Waals surface area contributed by atoms with Gasteiger partial charge in [0.2, 0.25) is 0 Å². The number of hydrogen-bond donors (Lipinski definition) is 0. The van der Waals surface area contributed by atoms with E-state index in [1.807, 2.05) is 0 Å². The van der Waals surface area contributed by atoms with Crippen molar-refractivity contribution >= 4 is 24.4 Å². The van der Waals surface area contributed by atoms with E-state index in [1.165, 1.54) is 40.5 Å². The van der Waals surface area contributed by atoms with E-state index < -0.39 is 11.9 Å². The van der Waals surface area contributed by atoms with Crippen LogP contribution in [0.15, 0.2) is 46.6 Å². The lowest BCUT2D eigenvalue weighted by Gasteiger charge is -2.08. The third-order valence-corrected chi connectivity index (χ3v) is 3.36. The normalized spacial score (nSPS) is 10.9. The van der Waals surface area contributed by atoms with Gasteiger partial charge in [0.1, 0.15) is 0 Å². The van der Waals surface area contributed by atoms with Crippen LogP contribution in [0.3, 0.4) is 0 Å². The molecule has 2 rings (SSSR count). The highest BCUT2D eigenvalue weighted by Crippen LogP contribution is 2.28. The molecular weight excluding hydrogens is 364 g/mol. The van der Waals surface area contributed by atoms with Gasteiger partial charge in [0, 0.05) is 13.8 Å². The molecule has 0 aromatic heterocycles. The third kappa shape index (κ3) is 5.94. The molecule has 2 aromatic carbocycles. The molecule has 2 aromatic rings. The van der Waals surface area contributed by atoms with Gasteiger partial charge in [-0.1, -0.05) is 0 Å². The topological polar surface area (TPSA) is 95.8 Å². The Labute approximate surface area is 162 Å². The molecule has 8 heteroatoms. The van der Waals surface area contributed by atoms with Crippen molar-refractivity contribution in [1.29, 1.82) is 0 Å². The molecule has 0 aliphatic carbocycles. The van der Waals surface area contributed by atoms with Crippen LogP contribution in [-0.4, -0.2) is 38.6 Å². The maximum atomic E-state index is 11.1. The molecule has 8 nitrogen and oxygen atoms in total. The van der Waals surface area contributed by atoms with Crippen molar-refractivity contribution in [1.82, 2.24) is 0 Å². The first-order valence-corrected chi connectivity index (χ1v) is 8.22. The van der Waals surface area contributed by atoms with Crippen LogP contribution in [0.1, 0.15) is 25.0 Å². The van der Waals surface area contributed by atoms with Gasteiger partial charge in [-0.2, -0.15) is 10.2 Å². The zero-order valence-electron chi connectivity index (χ0n) is 16.0. The predicted molar refractivity (Wildman–Crippen MR) is 104 cm³/mol. The van der Waals surface area contributed by atoms with Gasteiger partial charge in [-0.05, 0) is 47.5 Å². The minimum absolute atomic E-state index is 0.329. The lowest BCUT2D eigenvalue weighted by Crippen LogP contribution is -2.03. The van der Waals surface area contributed by atoms with Crippen molar-refractivity contribution in [2.24, 2.45) is 10.2 Å². The van der Waals surface area contributed by atoms with Gasteiger partial charge in [-0.15, -0.1) is 0 Å². The molecule has 0 amide bonds. The van der Waals surface area contributed by atoms with Crippen LogP contribution in [0.25, 0.3) is 0 Å². The fourth-order valence-corrected chi connectivity index (χ4v) is 2.21. The Kier molecular flexibility index (Phi) is 7.27. The molecule has 0 aliphatic heterocycles. The number of rotatable bonds is 7. The molecule has 0 aliphatic rings. The second-order valence-corrected chi connectivity index (χ2v) is 5.50. The van der Waals surface area contributed by atoms with Gasteiger partial charge in [0.05, 0.1) is 26.6 Å². The Morgan fingerprint density at radius 3 is 1.43 bits per heavy atom. The first-order chi connectivity index (χ1) is 13.4. The number of nitrogens with zero attached hydrogens (tertiary/aromatic N) is 2. The average Bonchev–Trinajstić information content (AvgIpc) is 2.66.